The van der Waals surface area contributed by atoms with Crippen LogP contribution in [0.25, 0.3) is 0 Å². The van der Waals surface area contributed by atoms with E-state index in [1.54, 1.807) is 13.8 Å². The Balaban J connectivity index is 2.49. The molecule has 0 aliphatic carbocycles. The van der Waals surface area contributed by atoms with Crippen molar-refractivity contribution in [3.05, 3.63) is 22.3 Å². The third-order valence-electron chi connectivity index (χ3n) is 4.44. The number of carbonyl (C=O) groups excluding carboxylic acids is 2. The zero-order valence-corrected chi connectivity index (χ0v) is 14.7. The molecule has 0 bridgehead atoms. The molecule has 5 nitrogen and oxygen atoms in total. The Kier molecular flexibility index (Phi) is 4.68. The molecule has 5 heteroatoms. The number of ether oxygens (including phenoxy) is 3. The molecule has 0 aromatic heterocycles. The highest BCUT2D eigenvalue weighted by Crippen LogP contribution is 2.44. The van der Waals surface area contributed by atoms with Crippen LogP contribution >= 0.6 is 0 Å². The van der Waals surface area contributed by atoms with E-state index in [0.717, 1.165) is 22.3 Å². The molecule has 1 aromatic rings. The van der Waals surface area contributed by atoms with Gasteiger partial charge in [-0.2, -0.15) is 0 Å². The molecule has 1 heterocycles. The maximum atomic E-state index is 12.2. The lowest BCUT2D eigenvalue weighted by Gasteiger charge is -2.36. The van der Waals surface area contributed by atoms with Crippen LogP contribution in [0.2, 0.25) is 0 Å². The predicted molar refractivity (Wildman–Crippen MR) is 85.9 cm³/mol. The van der Waals surface area contributed by atoms with Crippen molar-refractivity contribution in [2.75, 3.05) is 6.61 Å². The average Bonchev–Trinajstić information content (AvgIpc) is 2.49. The van der Waals surface area contributed by atoms with Gasteiger partial charge in [0.05, 0.1) is 6.61 Å². The number of esters is 2. The second kappa shape index (κ2) is 6.22. The SMILES string of the molecule is CCOC(=O)C1(C)CCc2c(C)c(OC(C)=O)c(C)c(C)c2O1. The summed E-state index contributed by atoms with van der Waals surface area (Å²) in [6, 6.07) is 0. The Morgan fingerprint density at radius 3 is 2.39 bits per heavy atom. The highest BCUT2D eigenvalue weighted by atomic mass is 16.6. The first-order valence-electron chi connectivity index (χ1n) is 7.88. The molecular formula is C18H24O5. The predicted octanol–water partition coefficient (Wildman–Crippen LogP) is 3.18. The lowest BCUT2D eigenvalue weighted by atomic mass is 9.87. The summed E-state index contributed by atoms with van der Waals surface area (Å²) in [5, 5.41) is 0. The summed E-state index contributed by atoms with van der Waals surface area (Å²) in [4.78, 5) is 23.6. The average molecular weight is 320 g/mol. The second-order valence-corrected chi connectivity index (χ2v) is 6.16. The molecule has 1 atom stereocenters. The molecule has 2 rings (SSSR count). The van der Waals surface area contributed by atoms with Crippen LogP contribution < -0.4 is 9.47 Å². The van der Waals surface area contributed by atoms with Gasteiger partial charge in [0, 0.05) is 18.9 Å². The van der Waals surface area contributed by atoms with Gasteiger partial charge in [-0.05, 0) is 57.7 Å². The molecule has 0 amide bonds. The molecule has 0 saturated carbocycles. The highest BCUT2D eigenvalue weighted by molar-refractivity contribution is 5.80. The van der Waals surface area contributed by atoms with Crippen LogP contribution in [-0.4, -0.2) is 24.1 Å². The Hall–Kier alpha value is -2.04. The zero-order chi connectivity index (χ0) is 17.4. The van der Waals surface area contributed by atoms with Gasteiger partial charge in [-0.25, -0.2) is 4.79 Å². The van der Waals surface area contributed by atoms with Gasteiger partial charge in [0.25, 0.3) is 0 Å². The molecule has 0 fully saturated rings. The van der Waals surface area contributed by atoms with E-state index < -0.39 is 5.60 Å². The van der Waals surface area contributed by atoms with E-state index >= 15 is 0 Å². The first-order chi connectivity index (χ1) is 10.7. The number of hydrogen-bond donors (Lipinski definition) is 0. The lowest BCUT2D eigenvalue weighted by Crippen LogP contribution is -2.46. The van der Waals surface area contributed by atoms with Crippen molar-refractivity contribution in [1.82, 2.24) is 0 Å². The molecule has 1 aliphatic heterocycles. The van der Waals surface area contributed by atoms with E-state index in [1.807, 2.05) is 20.8 Å². The lowest BCUT2D eigenvalue weighted by molar-refractivity contribution is -0.161. The van der Waals surface area contributed by atoms with E-state index in [2.05, 4.69) is 0 Å². The summed E-state index contributed by atoms with van der Waals surface area (Å²) in [6.45, 7) is 11.0. The van der Waals surface area contributed by atoms with Gasteiger partial charge in [0.15, 0.2) is 0 Å². The molecule has 126 valence electrons. The van der Waals surface area contributed by atoms with Crippen molar-refractivity contribution in [2.24, 2.45) is 0 Å². The summed E-state index contributed by atoms with van der Waals surface area (Å²) in [5.74, 6) is 0.614. The summed E-state index contributed by atoms with van der Waals surface area (Å²) in [6.07, 6.45) is 1.20. The highest BCUT2D eigenvalue weighted by Gasteiger charge is 2.42. The van der Waals surface area contributed by atoms with E-state index in [0.29, 0.717) is 30.9 Å². The number of hydrogen-bond acceptors (Lipinski definition) is 5. The number of carbonyl (C=O) groups is 2. The van der Waals surface area contributed by atoms with Crippen LogP contribution in [-0.2, 0) is 20.7 Å². The van der Waals surface area contributed by atoms with Gasteiger partial charge in [0.1, 0.15) is 11.5 Å². The van der Waals surface area contributed by atoms with E-state index in [-0.39, 0.29) is 11.9 Å². The van der Waals surface area contributed by atoms with Gasteiger partial charge < -0.3 is 14.2 Å². The van der Waals surface area contributed by atoms with Gasteiger partial charge in [0.2, 0.25) is 5.60 Å². The fraction of sp³-hybridized carbons (Fsp3) is 0.556. The molecule has 1 unspecified atom stereocenters. The van der Waals surface area contributed by atoms with Gasteiger partial charge in [-0.3, -0.25) is 4.79 Å². The van der Waals surface area contributed by atoms with Gasteiger partial charge in [-0.15, -0.1) is 0 Å². The molecule has 0 saturated heterocycles. The Morgan fingerprint density at radius 1 is 1.17 bits per heavy atom. The van der Waals surface area contributed by atoms with Crippen LogP contribution in [0, 0.1) is 20.8 Å². The topological polar surface area (TPSA) is 61.8 Å². The molecule has 0 radical (unpaired) electrons. The third-order valence-corrected chi connectivity index (χ3v) is 4.44. The molecule has 1 aromatic carbocycles. The van der Waals surface area contributed by atoms with Gasteiger partial charge >= 0.3 is 11.9 Å². The van der Waals surface area contributed by atoms with Crippen LogP contribution in [0.5, 0.6) is 11.5 Å². The second-order valence-electron chi connectivity index (χ2n) is 6.16. The fourth-order valence-corrected chi connectivity index (χ4v) is 2.96. The molecular weight excluding hydrogens is 296 g/mol. The third kappa shape index (κ3) is 3.05. The standard InChI is InChI=1S/C18H24O5/c1-7-21-17(20)18(6)9-8-14-12(4)15(22-13(5)19)10(2)11(3)16(14)23-18/h7-9H2,1-6H3. The quantitative estimate of drug-likeness (QED) is 0.632. The smallest absolute Gasteiger partial charge is 0.350 e. The fourth-order valence-electron chi connectivity index (χ4n) is 2.96. The minimum atomic E-state index is -0.977. The maximum absolute atomic E-state index is 12.2. The zero-order valence-electron chi connectivity index (χ0n) is 14.7. The van der Waals surface area contributed by atoms with Crippen LogP contribution in [0.3, 0.4) is 0 Å². The summed E-state index contributed by atoms with van der Waals surface area (Å²) in [5.41, 5.74) is 2.65. The summed E-state index contributed by atoms with van der Waals surface area (Å²) >= 11 is 0. The first kappa shape index (κ1) is 17.3. The monoisotopic (exact) mass is 320 g/mol. The van der Waals surface area contributed by atoms with E-state index in [1.165, 1.54) is 6.92 Å². The molecule has 0 spiro atoms. The van der Waals surface area contributed by atoms with Crippen molar-refractivity contribution < 1.29 is 23.8 Å². The van der Waals surface area contributed by atoms with Crippen LogP contribution in [0.1, 0.15) is 49.4 Å². The van der Waals surface area contributed by atoms with Crippen molar-refractivity contribution in [3.8, 4) is 11.5 Å². The minimum absolute atomic E-state index is 0.326. The molecule has 0 N–H and O–H groups in total. The number of benzene rings is 1. The van der Waals surface area contributed by atoms with Crippen molar-refractivity contribution in [1.29, 1.82) is 0 Å². The Morgan fingerprint density at radius 2 is 1.83 bits per heavy atom. The summed E-state index contributed by atoms with van der Waals surface area (Å²) in [7, 11) is 0. The normalized spacial score (nSPS) is 19.6. The number of rotatable bonds is 3. The van der Waals surface area contributed by atoms with E-state index in [9.17, 15) is 9.59 Å². The minimum Gasteiger partial charge on any atom is -0.475 e. The maximum Gasteiger partial charge on any atom is 0.350 e. The van der Waals surface area contributed by atoms with Crippen LogP contribution in [0.15, 0.2) is 0 Å². The van der Waals surface area contributed by atoms with Crippen molar-refractivity contribution in [3.63, 3.8) is 0 Å². The first-order valence-corrected chi connectivity index (χ1v) is 7.88. The Labute approximate surface area is 136 Å². The van der Waals surface area contributed by atoms with Crippen molar-refractivity contribution in [2.45, 2.75) is 60.0 Å². The van der Waals surface area contributed by atoms with Crippen LogP contribution in [0.4, 0.5) is 0 Å². The van der Waals surface area contributed by atoms with Crippen molar-refractivity contribution >= 4 is 11.9 Å². The molecule has 1 aliphatic rings. The van der Waals surface area contributed by atoms with E-state index in [4.69, 9.17) is 14.2 Å². The Bertz CT molecular complexity index is 662. The largest absolute Gasteiger partial charge is 0.475 e. The summed E-state index contributed by atoms with van der Waals surface area (Å²) < 4.78 is 16.6. The van der Waals surface area contributed by atoms with Gasteiger partial charge in [-0.1, -0.05) is 0 Å². The number of fused-ring (bicyclic) bond motifs is 1. The molecule has 23 heavy (non-hydrogen) atoms.